The molecule has 4 nitrogen and oxygen atoms in total. The van der Waals surface area contributed by atoms with Gasteiger partial charge in [-0.3, -0.25) is 0 Å². The number of ether oxygens (including phenoxy) is 2. The van der Waals surface area contributed by atoms with Crippen molar-refractivity contribution < 1.29 is 9.47 Å². The van der Waals surface area contributed by atoms with Crippen molar-refractivity contribution in [2.45, 2.75) is 141 Å². The molecule has 53 heavy (non-hydrogen) atoms. The standard InChI is InChI=1S/C49H66N2O2/c1-2-3-4-5-6-7-8-9-10-11-12-13-38-14-16-39(17-15-38)40-34-36-49(37-35-40,41-18-26-45(27-19-41)52-47-30-22-43(50)23-31-47)42-20-28-46(29-21-42)53-48-32-24-44(51)25-33-48/h18-33,38-40H,2-17,34-37,50-51H2,1H3/t38-,39+. The van der Waals surface area contributed by atoms with E-state index in [0.29, 0.717) is 0 Å². The van der Waals surface area contributed by atoms with E-state index in [9.17, 15) is 0 Å². The summed E-state index contributed by atoms with van der Waals surface area (Å²) in [5.41, 5.74) is 16.0. The first-order chi connectivity index (χ1) is 26.0. The van der Waals surface area contributed by atoms with Gasteiger partial charge in [0.15, 0.2) is 0 Å². The van der Waals surface area contributed by atoms with Crippen molar-refractivity contribution in [3.05, 3.63) is 108 Å². The molecule has 0 bridgehead atoms. The minimum atomic E-state index is -0.0256. The zero-order valence-electron chi connectivity index (χ0n) is 32.6. The van der Waals surface area contributed by atoms with E-state index in [1.165, 1.54) is 140 Å². The number of hydrogen-bond donors (Lipinski definition) is 2. The third kappa shape index (κ3) is 11.3. The van der Waals surface area contributed by atoms with E-state index in [0.717, 1.165) is 52.1 Å². The van der Waals surface area contributed by atoms with Crippen molar-refractivity contribution in [2.24, 2.45) is 17.8 Å². The fourth-order valence-electron chi connectivity index (χ4n) is 9.42. The molecule has 4 aromatic carbocycles. The fraction of sp³-hybridized carbons (Fsp3) is 0.510. The lowest BCUT2D eigenvalue weighted by Crippen LogP contribution is -2.35. The Labute approximate surface area is 321 Å². The van der Waals surface area contributed by atoms with E-state index in [2.05, 4.69) is 55.5 Å². The van der Waals surface area contributed by atoms with Crippen LogP contribution in [0.25, 0.3) is 0 Å². The van der Waals surface area contributed by atoms with Gasteiger partial charge >= 0.3 is 0 Å². The fourth-order valence-corrected chi connectivity index (χ4v) is 9.42. The SMILES string of the molecule is CCCCCCCCCCCCC[C@H]1CC[C@@H](C2CCC(c3ccc(Oc4ccc(N)cc4)cc3)(c3ccc(Oc4ccc(N)cc4)cc3)CC2)CC1. The highest BCUT2D eigenvalue weighted by molar-refractivity contribution is 5.47. The molecule has 0 spiro atoms. The van der Waals surface area contributed by atoms with Crippen LogP contribution >= 0.6 is 0 Å². The monoisotopic (exact) mass is 715 g/mol. The molecule has 4 heteroatoms. The summed E-state index contributed by atoms with van der Waals surface area (Å²) in [6, 6.07) is 32.9. The summed E-state index contributed by atoms with van der Waals surface area (Å²) >= 11 is 0. The first-order valence-corrected chi connectivity index (χ1v) is 21.3. The molecule has 0 amide bonds. The molecule has 4 aromatic rings. The second-order valence-electron chi connectivity index (χ2n) is 16.4. The predicted molar refractivity (Wildman–Crippen MR) is 224 cm³/mol. The summed E-state index contributed by atoms with van der Waals surface area (Å²) < 4.78 is 12.4. The van der Waals surface area contributed by atoms with Crippen LogP contribution in [-0.4, -0.2) is 0 Å². The van der Waals surface area contributed by atoms with Crippen LogP contribution in [0.4, 0.5) is 11.4 Å². The minimum absolute atomic E-state index is 0.0256. The number of unbranched alkanes of at least 4 members (excludes halogenated alkanes) is 10. The Morgan fingerprint density at radius 1 is 0.453 bits per heavy atom. The molecule has 2 aliphatic carbocycles. The van der Waals surface area contributed by atoms with Crippen molar-refractivity contribution in [3.8, 4) is 23.0 Å². The number of nitrogens with two attached hydrogens (primary N) is 2. The molecular weight excluding hydrogens is 649 g/mol. The lowest BCUT2D eigenvalue weighted by atomic mass is 9.60. The number of benzene rings is 4. The molecule has 6 rings (SSSR count). The lowest BCUT2D eigenvalue weighted by Gasteiger charge is -2.44. The van der Waals surface area contributed by atoms with Crippen molar-refractivity contribution in [1.82, 2.24) is 0 Å². The Kier molecular flexibility index (Phi) is 14.6. The van der Waals surface area contributed by atoms with Crippen LogP contribution in [-0.2, 0) is 5.41 Å². The van der Waals surface area contributed by atoms with Crippen LogP contribution in [0, 0.1) is 17.8 Å². The van der Waals surface area contributed by atoms with Gasteiger partial charge < -0.3 is 20.9 Å². The summed E-state index contributed by atoms with van der Waals surface area (Å²) in [5, 5.41) is 0. The van der Waals surface area contributed by atoms with Crippen LogP contribution in [0.1, 0.15) is 146 Å². The largest absolute Gasteiger partial charge is 0.457 e. The third-order valence-electron chi connectivity index (χ3n) is 12.7. The molecule has 0 aromatic heterocycles. The summed E-state index contributed by atoms with van der Waals surface area (Å²) in [4.78, 5) is 0. The average Bonchev–Trinajstić information content (AvgIpc) is 3.20. The Morgan fingerprint density at radius 2 is 0.811 bits per heavy atom. The van der Waals surface area contributed by atoms with Crippen molar-refractivity contribution in [3.63, 3.8) is 0 Å². The van der Waals surface area contributed by atoms with Crippen molar-refractivity contribution >= 4 is 11.4 Å². The van der Waals surface area contributed by atoms with Gasteiger partial charge in [0.2, 0.25) is 0 Å². The average molecular weight is 715 g/mol. The maximum absolute atomic E-state index is 6.18. The van der Waals surface area contributed by atoms with E-state index in [4.69, 9.17) is 20.9 Å². The molecule has 0 atom stereocenters. The quantitative estimate of drug-likeness (QED) is 0.0749. The van der Waals surface area contributed by atoms with E-state index in [1.54, 1.807) is 0 Å². The van der Waals surface area contributed by atoms with Gasteiger partial charge in [0, 0.05) is 16.8 Å². The van der Waals surface area contributed by atoms with Gasteiger partial charge in [0.1, 0.15) is 23.0 Å². The maximum atomic E-state index is 6.18. The topological polar surface area (TPSA) is 70.5 Å². The van der Waals surface area contributed by atoms with E-state index >= 15 is 0 Å². The Balaban J connectivity index is 1.02. The minimum Gasteiger partial charge on any atom is -0.457 e. The van der Waals surface area contributed by atoms with Gasteiger partial charge in [-0.25, -0.2) is 0 Å². The van der Waals surface area contributed by atoms with Gasteiger partial charge in [-0.2, -0.15) is 0 Å². The lowest BCUT2D eigenvalue weighted by molar-refractivity contribution is 0.140. The molecule has 0 radical (unpaired) electrons. The normalized spacial score (nSPS) is 18.8. The highest BCUT2D eigenvalue weighted by Gasteiger charge is 2.41. The van der Waals surface area contributed by atoms with Gasteiger partial charge in [0.25, 0.3) is 0 Å². The van der Waals surface area contributed by atoms with Gasteiger partial charge in [0.05, 0.1) is 0 Å². The molecule has 2 saturated carbocycles. The van der Waals surface area contributed by atoms with E-state index < -0.39 is 0 Å². The number of rotatable bonds is 19. The molecule has 2 aliphatic rings. The summed E-state index contributed by atoms with van der Waals surface area (Å²) in [6.07, 6.45) is 28.0. The second-order valence-corrected chi connectivity index (χ2v) is 16.4. The molecule has 0 saturated heterocycles. The number of hydrogen-bond acceptors (Lipinski definition) is 4. The zero-order chi connectivity index (χ0) is 36.7. The second kappa shape index (κ2) is 20.0. The van der Waals surface area contributed by atoms with Crippen LogP contribution < -0.4 is 20.9 Å². The van der Waals surface area contributed by atoms with Crippen LogP contribution in [0.2, 0.25) is 0 Å². The number of nitrogen functional groups attached to an aromatic ring is 2. The third-order valence-corrected chi connectivity index (χ3v) is 12.7. The highest BCUT2D eigenvalue weighted by atomic mass is 16.5. The van der Waals surface area contributed by atoms with Gasteiger partial charge in [-0.1, -0.05) is 121 Å². The first-order valence-electron chi connectivity index (χ1n) is 21.3. The molecule has 0 heterocycles. The smallest absolute Gasteiger partial charge is 0.127 e. The summed E-state index contributed by atoms with van der Waals surface area (Å²) in [7, 11) is 0. The molecule has 284 valence electrons. The zero-order valence-corrected chi connectivity index (χ0v) is 32.6. The number of anilines is 2. The Bertz CT molecular complexity index is 1500. The first kappa shape index (κ1) is 38.8. The van der Waals surface area contributed by atoms with Gasteiger partial charge in [-0.05, 0) is 140 Å². The Morgan fingerprint density at radius 3 is 1.23 bits per heavy atom. The summed E-state index contributed by atoms with van der Waals surface area (Å²) in [5.74, 6) is 5.99. The van der Waals surface area contributed by atoms with Crippen LogP contribution in [0.3, 0.4) is 0 Å². The molecular formula is C49H66N2O2. The van der Waals surface area contributed by atoms with Crippen LogP contribution in [0.5, 0.6) is 23.0 Å². The van der Waals surface area contributed by atoms with E-state index in [1.807, 2.05) is 48.5 Å². The molecule has 4 N–H and O–H groups in total. The van der Waals surface area contributed by atoms with E-state index in [-0.39, 0.29) is 5.41 Å². The molecule has 0 unspecified atom stereocenters. The van der Waals surface area contributed by atoms with Crippen molar-refractivity contribution in [2.75, 3.05) is 11.5 Å². The molecule has 2 fully saturated rings. The maximum Gasteiger partial charge on any atom is 0.127 e. The molecule has 0 aliphatic heterocycles. The Hall–Kier alpha value is -3.92. The van der Waals surface area contributed by atoms with Crippen molar-refractivity contribution in [1.29, 1.82) is 0 Å². The summed E-state index contributed by atoms with van der Waals surface area (Å²) in [6.45, 7) is 2.30. The van der Waals surface area contributed by atoms with Gasteiger partial charge in [-0.15, -0.1) is 0 Å². The predicted octanol–water partition coefficient (Wildman–Crippen LogP) is 14.4. The van der Waals surface area contributed by atoms with Crippen LogP contribution in [0.15, 0.2) is 97.1 Å². The highest BCUT2D eigenvalue weighted by Crippen LogP contribution is 2.51.